The summed E-state index contributed by atoms with van der Waals surface area (Å²) in [7, 11) is -1.45. The van der Waals surface area contributed by atoms with E-state index in [2.05, 4.69) is 5.32 Å². The summed E-state index contributed by atoms with van der Waals surface area (Å²) in [6, 6.07) is 5.51. The Balaban J connectivity index is 2.48. The van der Waals surface area contributed by atoms with Crippen molar-refractivity contribution in [2.45, 2.75) is 20.3 Å². The zero-order valence-corrected chi connectivity index (χ0v) is 11.8. The molecule has 1 atom stereocenters. The molecule has 1 rings (SSSR count). The third-order valence-corrected chi connectivity index (χ3v) is 3.87. The van der Waals surface area contributed by atoms with Crippen LogP contribution in [0.5, 0.6) is 0 Å². The lowest BCUT2D eigenvalue weighted by Gasteiger charge is -2.07. The second kappa shape index (κ2) is 7.04. The third kappa shape index (κ3) is 5.65. The Morgan fingerprint density at radius 3 is 2.53 bits per heavy atom. The van der Waals surface area contributed by atoms with Crippen molar-refractivity contribution in [1.82, 2.24) is 0 Å². The van der Waals surface area contributed by atoms with E-state index in [4.69, 9.17) is 5.11 Å². The summed E-state index contributed by atoms with van der Waals surface area (Å²) in [5.74, 6) is -1.56. The van der Waals surface area contributed by atoms with Crippen molar-refractivity contribution >= 4 is 28.4 Å². The molecule has 6 heteroatoms. The lowest BCUT2D eigenvalue weighted by Crippen LogP contribution is -2.21. The zero-order valence-electron chi connectivity index (χ0n) is 10.9. The average Bonchev–Trinajstić information content (AvgIpc) is 2.31. The highest BCUT2D eigenvalue weighted by atomic mass is 32.2. The molecule has 0 saturated carbocycles. The van der Waals surface area contributed by atoms with Gasteiger partial charge in [0, 0.05) is 22.2 Å². The van der Waals surface area contributed by atoms with Crippen LogP contribution >= 0.6 is 0 Å². The maximum atomic E-state index is 11.6. The van der Waals surface area contributed by atoms with Gasteiger partial charge in [-0.05, 0) is 37.1 Å². The number of benzene rings is 1. The number of anilines is 1. The van der Waals surface area contributed by atoms with Crippen molar-refractivity contribution < 1.29 is 18.9 Å². The molecular weight excluding hydrogens is 266 g/mol. The predicted molar refractivity (Wildman–Crippen MR) is 74.7 cm³/mol. The number of hydrogen-bond donors (Lipinski definition) is 2. The maximum absolute atomic E-state index is 11.6. The second-order valence-corrected chi connectivity index (χ2v) is 5.86. The van der Waals surface area contributed by atoms with Gasteiger partial charge in [0.2, 0.25) is 5.91 Å². The number of carboxylic acid groups (broad SMARTS) is 1. The SMILES string of the molecule is Cc1ccc(NC(=O)CS(=O)CCC(=O)O)cc1C. The van der Waals surface area contributed by atoms with Crippen LogP contribution in [0.15, 0.2) is 18.2 Å². The zero-order chi connectivity index (χ0) is 14.4. The van der Waals surface area contributed by atoms with E-state index in [1.54, 1.807) is 6.07 Å². The van der Waals surface area contributed by atoms with Crippen LogP contribution in [-0.2, 0) is 20.4 Å². The van der Waals surface area contributed by atoms with Crippen LogP contribution in [0.3, 0.4) is 0 Å². The largest absolute Gasteiger partial charge is 0.481 e. The normalized spacial score (nSPS) is 11.9. The molecule has 0 heterocycles. The minimum atomic E-state index is -1.45. The first-order valence-electron chi connectivity index (χ1n) is 5.82. The fraction of sp³-hybridized carbons (Fsp3) is 0.385. The third-order valence-electron chi connectivity index (χ3n) is 2.63. The van der Waals surface area contributed by atoms with Crippen molar-refractivity contribution in [3.05, 3.63) is 29.3 Å². The highest BCUT2D eigenvalue weighted by Crippen LogP contribution is 2.14. The minimum Gasteiger partial charge on any atom is -0.481 e. The summed E-state index contributed by atoms with van der Waals surface area (Å²) in [5.41, 5.74) is 2.84. The molecular formula is C13H17NO4S. The molecule has 2 N–H and O–H groups in total. The van der Waals surface area contributed by atoms with Gasteiger partial charge in [-0.15, -0.1) is 0 Å². The molecule has 1 aromatic carbocycles. The quantitative estimate of drug-likeness (QED) is 0.828. The van der Waals surface area contributed by atoms with E-state index in [0.717, 1.165) is 11.1 Å². The summed E-state index contributed by atoms with van der Waals surface area (Å²) in [6.45, 7) is 3.91. The number of hydrogen-bond acceptors (Lipinski definition) is 3. The van der Waals surface area contributed by atoms with Crippen molar-refractivity contribution in [1.29, 1.82) is 0 Å². The Morgan fingerprint density at radius 2 is 1.95 bits per heavy atom. The van der Waals surface area contributed by atoms with E-state index >= 15 is 0 Å². The van der Waals surface area contributed by atoms with Gasteiger partial charge < -0.3 is 10.4 Å². The lowest BCUT2D eigenvalue weighted by atomic mass is 10.1. The Morgan fingerprint density at radius 1 is 1.26 bits per heavy atom. The van der Waals surface area contributed by atoms with Crippen LogP contribution < -0.4 is 5.32 Å². The molecule has 0 fully saturated rings. The van der Waals surface area contributed by atoms with Crippen LogP contribution in [-0.4, -0.2) is 32.7 Å². The number of carbonyl (C=O) groups excluding carboxylic acids is 1. The number of carbonyl (C=O) groups is 2. The van der Waals surface area contributed by atoms with Crippen molar-refractivity contribution in [3.63, 3.8) is 0 Å². The van der Waals surface area contributed by atoms with E-state index in [-0.39, 0.29) is 23.8 Å². The predicted octanol–water partition coefficient (Wildman–Crippen LogP) is 1.47. The first-order chi connectivity index (χ1) is 8.88. The number of aryl methyl sites for hydroxylation is 2. The molecule has 0 radical (unpaired) electrons. The van der Waals surface area contributed by atoms with Gasteiger partial charge in [0.05, 0.1) is 6.42 Å². The number of rotatable bonds is 6. The minimum absolute atomic E-state index is 0.00429. The Bertz CT molecular complexity index is 513. The number of carboxylic acids is 1. The topological polar surface area (TPSA) is 83.5 Å². The van der Waals surface area contributed by atoms with Gasteiger partial charge >= 0.3 is 5.97 Å². The van der Waals surface area contributed by atoms with Gasteiger partial charge in [0.15, 0.2) is 0 Å². The molecule has 0 aromatic heterocycles. The van der Waals surface area contributed by atoms with E-state index in [1.165, 1.54) is 0 Å². The molecule has 104 valence electrons. The van der Waals surface area contributed by atoms with Gasteiger partial charge in [0.1, 0.15) is 5.75 Å². The summed E-state index contributed by atoms with van der Waals surface area (Å²) in [6.07, 6.45) is -0.191. The van der Waals surface area contributed by atoms with Gasteiger partial charge in [0.25, 0.3) is 0 Å². The van der Waals surface area contributed by atoms with Crippen LogP contribution in [0.25, 0.3) is 0 Å². The summed E-state index contributed by atoms with van der Waals surface area (Å²) < 4.78 is 11.5. The first-order valence-corrected chi connectivity index (χ1v) is 7.31. The molecule has 0 bridgehead atoms. The molecule has 0 aliphatic carbocycles. The molecule has 1 unspecified atom stereocenters. The van der Waals surface area contributed by atoms with E-state index in [0.29, 0.717) is 5.69 Å². The Labute approximate surface area is 114 Å². The lowest BCUT2D eigenvalue weighted by molar-refractivity contribution is -0.136. The van der Waals surface area contributed by atoms with Crippen LogP contribution in [0.1, 0.15) is 17.5 Å². The highest BCUT2D eigenvalue weighted by molar-refractivity contribution is 7.85. The smallest absolute Gasteiger partial charge is 0.304 e. The molecule has 5 nitrogen and oxygen atoms in total. The fourth-order valence-electron chi connectivity index (χ4n) is 1.44. The Kier molecular flexibility index (Phi) is 5.69. The molecule has 1 amide bonds. The van der Waals surface area contributed by atoms with Crippen molar-refractivity contribution in [3.8, 4) is 0 Å². The van der Waals surface area contributed by atoms with Gasteiger partial charge in [-0.2, -0.15) is 0 Å². The maximum Gasteiger partial charge on any atom is 0.304 e. The summed E-state index contributed by atoms with van der Waals surface area (Å²) in [5, 5.41) is 11.1. The molecule has 0 aliphatic rings. The van der Waals surface area contributed by atoms with Crippen molar-refractivity contribution in [2.75, 3.05) is 16.8 Å². The van der Waals surface area contributed by atoms with Crippen LogP contribution in [0.4, 0.5) is 5.69 Å². The van der Waals surface area contributed by atoms with E-state index in [1.807, 2.05) is 26.0 Å². The first kappa shape index (κ1) is 15.4. The monoisotopic (exact) mass is 283 g/mol. The number of nitrogens with one attached hydrogen (secondary N) is 1. The van der Waals surface area contributed by atoms with E-state index < -0.39 is 16.8 Å². The van der Waals surface area contributed by atoms with Gasteiger partial charge in [-0.25, -0.2) is 0 Å². The summed E-state index contributed by atoms with van der Waals surface area (Å²) in [4.78, 5) is 21.9. The fourth-order valence-corrected chi connectivity index (χ4v) is 2.35. The number of amides is 1. The van der Waals surface area contributed by atoms with Crippen molar-refractivity contribution in [2.24, 2.45) is 0 Å². The van der Waals surface area contributed by atoms with Gasteiger partial charge in [-0.3, -0.25) is 13.8 Å². The molecule has 0 saturated heterocycles. The molecule has 0 aliphatic heterocycles. The Hall–Kier alpha value is -1.69. The second-order valence-electron chi connectivity index (χ2n) is 4.28. The van der Waals surface area contributed by atoms with Crippen LogP contribution in [0.2, 0.25) is 0 Å². The highest BCUT2D eigenvalue weighted by Gasteiger charge is 2.10. The summed E-state index contributed by atoms with van der Waals surface area (Å²) >= 11 is 0. The number of aliphatic carboxylic acids is 1. The molecule has 1 aromatic rings. The average molecular weight is 283 g/mol. The standard InChI is InChI=1S/C13H17NO4S/c1-9-3-4-11(7-10(9)2)14-12(15)8-19(18)6-5-13(16)17/h3-4,7H,5-6,8H2,1-2H3,(H,14,15)(H,16,17). The van der Waals surface area contributed by atoms with Crippen LogP contribution in [0, 0.1) is 13.8 Å². The molecule has 0 spiro atoms. The van der Waals surface area contributed by atoms with E-state index in [9.17, 15) is 13.8 Å². The van der Waals surface area contributed by atoms with Gasteiger partial charge in [-0.1, -0.05) is 6.07 Å². The molecule has 19 heavy (non-hydrogen) atoms.